The Kier molecular flexibility index (Phi) is 7.16. The Morgan fingerprint density at radius 2 is 2.00 bits per heavy atom. The highest BCUT2D eigenvalue weighted by atomic mass is 16.5. The van der Waals surface area contributed by atoms with Gasteiger partial charge in [0.2, 0.25) is 0 Å². The van der Waals surface area contributed by atoms with Crippen molar-refractivity contribution < 1.29 is 9.84 Å². The minimum atomic E-state index is -0.00552. The number of benzene rings is 1. The largest absolute Gasteiger partial charge is 0.495 e. The summed E-state index contributed by atoms with van der Waals surface area (Å²) in [7, 11) is 0. The number of amidine groups is 1. The molecule has 0 heterocycles. The standard InChI is InChI=1S/C21H29N3O2/c1-4-14-13-19(26-12-11-25)18(6-3)20(17(14)5-2)24-16-9-7-15(8-10-16)21(22)23/h5,7-10,13-14,17-18,25H,2,4,6,11-12H2,1,3H3,(H3,22,23). The zero-order chi connectivity index (χ0) is 19.1. The molecular formula is C21H29N3O2. The maximum Gasteiger partial charge on any atom is 0.122 e. The van der Waals surface area contributed by atoms with Crippen LogP contribution in [0.3, 0.4) is 0 Å². The van der Waals surface area contributed by atoms with E-state index in [0.717, 1.165) is 30.0 Å². The van der Waals surface area contributed by atoms with Crippen molar-refractivity contribution in [1.82, 2.24) is 0 Å². The first-order valence-electron chi connectivity index (χ1n) is 9.16. The molecule has 5 nitrogen and oxygen atoms in total. The topological polar surface area (TPSA) is 91.7 Å². The van der Waals surface area contributed by atoms with E-state index in [9.17, 15) is 0 Å². The minimum Gasteiger partial charge on any atom is -0.495 e. The number of hydrogen-bond acceptors (Lipinski definition) is 4. The van der Waals surface area contributed by atoms with Crippen LogP contribution in [0.1, 0.15) is 32.3 Å². The summed E-state index contributed by atoms with van der Waals surface area (Å²) in [4.78, 5) is 4.93. The van der Waals surface area contributed by atoms with Crippen molar-refractivity contribution in [3.05, 3.63) is 54.3 Å². The number of allylic oxidation sites excluding steroid dienone is 3. The van der Waals surface area contributed by atoms with Crippen molar-refractivity contribution in [2.75, 3.05) is 13.2 Å². The summed E-state index contributed by atoms with van der Waals surface area (Å²) in [5.74, 6) is 1.44. The number of nitrogens with one attached hydrogen (secondary N) is 1. The first-order valence-corrected chi connectivity index (χ1v) is 9.16. The van der Waals surface area contributed by atoms with Crippen LogP contribution in [-0.2, 0) is 4.74 Å². The fraction of sp³-hybridized carbons (Fsp3) is 0.429. The molecule has 0 saturated carbocycles. The molecule has 0 bridgehead atoms. The summed E-state index contributed by atoms with van der Waals surface area (Å²) in [6.45, 7) is 8.57. The van der Waals surface area contributed by atoms with Crippen LogP contribution in [0, 0.1) is 23.2 Å². The molecule has 0 aromatic heterocycles. The van der Waals surface area contributed by atoms with E-state index < -0.39 is 0 Å². The molecule has 0 radical (unpaired) electrons. The lowest BCUT2D eigenvalue weighted by Gasteiger charge is -2.35. The number of nitrogen functional groups attached to an aromatic ring is 1. The Bertz CT molecular complexity index is 692. The van der Waals surface area contributed by atoms with E-state index in [1.807, 2.05) is 30.3 Å². The van der Waals surface area contributed by atoms with Gasteiger partial charge in [-0.1, -0.05) is 19.9 Å². The SMILES string of the molecule is C=CC1C(=Nc2ccc(C(=N)N)cc2)C(CC)C(OCCO)=CC1CC. The molecule has 26 heavy (non-hydrogen) atoms. The summed E-state index contributed by atoms with van der Waals surface area (Å²) < 4.78 is 5.83. The van der Waals surface area contributed by atoms with Crippen LogP contribution in [-0.4, -0.2) is 29.9 Å². The zero-order valence-electron chi connectivity index (χ0n) is 15.6. The Morgan fingerprint density at radius 3 is 2.50 bits per heavy atom. The second-order valence-corrected chi connectivity index (χ2v) is 6.43. The number of nitrogens with zero attached hydrogens (tertiary/aromatic N) is 1. The van der Waals surface area contributed by atoms with Gasteiger partial charge in [0.25, 0.3) is 0 Å². The van der Waals surface area contributed by atoms with Gasteiger partial charge in [-0.2, -0.15) is 0 Å². The van der Waals surface area contributed by atoms with E-state index in [1.54, 1.807) is 0 Å². The van der Waals surface area contributed by atoms with Gasteiger partial charge in [0.15, 0.2) is 0 Å². The van der Waals surface area contributed by atoms with Crippen molar-refractivity contribution in [2.45, 2.75) is 26.7 Å². The van der Waals surface area contributed by atoms with Gasteiger partial charge in [-0.25, -0.2) is 0 Å². The van der Waals surface area contributed by atoms with Gasteiger partial charge in [-0.15, -0.1) is 6.58 Å². The lowest BCUT2D eigenvalue weighted by atomic mass is 9.74. The van der Waals surface area contributed by atoms with Gasteiger partial charge in [0, 0.05) is 17.2 Å². The average Bonchev–Trinajstić information content (AvgIpc) is 2.66. The predicted molar refractivity (Wildman–Crippen MR) is 107 cm³/mol. The predicted octanol–water partition coefficient (Wildman–Crippen LogP) is 3.80. The molecular weight excluding hydrogens is 326 g/mol. The maximum atomic E-state index is 9.12. The molecule has 0 spiro atoms. The highest BCUT2D eigenvalue weighted by Gasteiger charge is 2.35. The molecule has 3 unspecified atom stereocenters. The quantitative estimate of drug-likeness (QED) is 0.376. The first kappa shape index (κ1) is 19.9. The van der Waals surface area contributed by atoms with Gasteiger partial charge < -0.3 is 15.6 Å². The Balaban J connectivity index is 2.44. The minimum absolute atomic E-state index is 0.00552. The number of aliphatic hydroxyl groups excluding tert-OH is 1. The van der Waals surface area contributed by atoms with Crippen molar-refractivity contribution >= 4 is 17.2 Å². The number of aliphatic hydroxyl groups is 1. The molecule has 2 rings (SSSR count). The number of aliphatic imine (C=N–C) groups is 1. The van der Waals surface area contributed by atoms with Gasteiger partial charge in [-0.05, 0) is 49.1 Å². The molecule has 140 valence electrons. The lowest BCUT2D eigenvalue weighted by molar-refractivity contribution is 0.127. The molecule has 5 heteroatoms. The highest BCUT2D eigenvalue weighted by molar-refractivity contribution is 5.97. The number of rotatable bonds is 8. The number of hydrogen-bond donors (Lipinski definition) is 3. The van der Waals surface area contributed by atoms with Crippen LogP contribution < -0.4 is 5.73 Å². The van der Waals surface area contributed by atoms with E-state index in [4.69, 9.17) is 26.0 Å². The van der Waals surface area contributed by atoms with Gasteiger partial charge in [0.1, 0.15) is 18.2 Å². The van der Waals surface area contributed by atoms with Crippen LogP contribution in [0.4, 0.5) is 5.69 Å². The van der Waals surface area contributed by atoms with Crippen molar-refractivity contribution in [2.24, 2.45) is 28.5 Å². The van der Waals surface area contributed by atoms with Gasteiger partial charge in [-0.3, -0.25) is 10.4 Å². The summed E-state index contributed by atoms with van der Waals surface area (Å²) in [6, 6.07) is 7.38. The molecule has 3 atom stereocenters. The zero-order valence-corrected chi connectivity index (χ0v) is 15.6. The molecule has 1 aromatic carbocycles. The highest BCUT2D eigenvalue weighted by Crippen LogP contribution is 2.37. The lowest BCUT2D eigenvalue weighted by Crippen LogP contribution is -2.34. The third-order valence-corrected chi connectivity index (χ3v) is 4.81. The molecule has 4 N–H and O–H groups in total. The molecule has 1 aliphatic rings. The second kappa shape index (κ2) is 9.34. The average molecular weight is 355 g/mol. The summed E-state index contributed by atoms with van der Waals surface area (Å²) in [5, 5.41) is 16.6. The molecule has 0 saturated heterocycles. The maximum absolute atomic E-state index is 9.12. The van der Waals surface area contributed by atoms with Crippen LogP contribution in [0.15, 0.2) is 53.7 Å². The van der Waals surface area contributed by atoms with E-state index in [2.05, 4.69) is 26.5 Å². The van der Waals surface area contributed by atoms with Crippen molar-refractivity contribution in [1.29, 1.82) is 5.41 Å². The second-order valence-electron chi connectivity index (χ2n) is 6.43. The monoisotopic (exact) mass is 355 g/mol. The van der Waals surface area contributed by atoms with Gasteiger partial charge in [0.05, 0.1) is 18.2 Å². The fourth-order valence-corrected chi connectivity index (χ4v) is 3.44. The van der Waals surface area contributed by atoms with Crippen molar-refractivity contribution in [3.63, 3.8) is 0 Å². The third-order valence-electron chi connectivity index (χ3n) is 4.81. The fourth-order valence-electron chi connectivity index (χ4n) is 3.44. The van der Waals surface area contributed by atoms with Gasteiger partial charge >= 0.3 is 0 Å². The van der Waals surface area contributed by atoms with Crippen LogP contribution >= 0.6 is 0 Å². The molecule has 1 aromatic rings. The summed E-state index contributed by atoms with van der Waals surface area (Å²) >= 11 is 0. The number of ether oxygens (including phenoxy) is 1. The summed E-state index contributed by atoms with van der Waals surface area (Å²) in [5.41, 5.74) is 8.08. The van der Waals surface area contributed by atoms with Crippen LogP contribution in [0.25, 0.3) is 0 Å². The Morgan fingerprint density at radius 1 is 1.31 bits per heavy atom. The molecule has 0 fully saturated rings. The molecule has 1 aliphatic carbocycles. The third kappa shape index (κ3) is 4.41. The van der Waals surface area contributed by atoms with E-state index in [1.165, 1.54) is 0 Å². The van der Waals surface area contributed by atoms with E-state index in [-0.39, 0.29) is 36.8 Å². The van der Waals surface area contributed by atoms with Crippen LogP contribution in [0.2, 0.25) is 0 Å². The normalized spacial score (nSPS) is 24.2. The van der Waals surface area contributed by atoms with Crippen molar-refractivity contribution in [3.8, 4) is 0 Å². The van der Waals surface area contributed by atoms with E-state index in [0.29, 0.717) is 5.56 Å². The number of nitrogens with two attached hydrogens (primary N) is 1. The Labute approximate surface area is 155 Å². The molecule has 0 aliphatic heterocycles. The summed E-state index contributed by atoms with van der Waals surface area (Å²) in [6.07, 6.45) is 5.97. The van der Waals surface area contributed by atoms with Crippen LogP contribution in [0.5, 0.6) is 0 Å². The smallest absolute Gasteiger partial charge is 0.122 e. The Hall–Kier alpha value is -2.40. The molecule has 0 amide bonds. The first-order chi connectivity index (χ1) is 12.5. The van der Waals surface area contributed by atoms with E-state index >= 15 is 0 Å².